The van der Waals surface area contributed by atoms with Crippen LogP contribution in [0.5, 0.6) is 0 Å². The number of benzene rings is 1. The maximum Gasteiger partial charge on any atom is 0.341 e. The normalized spacial score (nSPS) is 12.2. The summed E-state index contributed by atoms with van der Waals surface area (Å²) in [5.41, 5.74) is 3.19. The zero-order valence-corrected chi connectivity index (χ0v) is 16.8. The molecule has 0 saturated carbocycles. The number of nitrogens with one attached hydrogen (secondary N) is 3. The molecule has 2 aromatic rings. The second-order valence-electron chi connectivity index (χ2n) is 6.12. The van der Waals surface area contributed by atoms with Crippen LogP contribution in [0.25, 0.3) is 0 Å². The summed E-state index contributed by atoms with van der Waals surface area (Å²) < 4.78 is 5.23. The molecule has 0 fully saturated rings. The Hall–Kier alpha value is -2.45. The molecule has 0 aliphatic heterocycles. The average Bonchev–Trinajstić information content (AvgIpc) is 3.16. The number of esters is 1. The number of ether oxygens (including phenoxy) is 1. The molecule has 1 aliphatic rings. The first-order valence-electron chi connectivity index (χ1n) is 8.75. The number of hydrogen-bond donors (Lipinski definition) is 3. The molecule has 1 heterocycles. The highest BCUT2D eigenvalue weighted by Crippen LogP contribution is 2.39. The van der Waals surface area contributed by atoms with E-state index in [-0.39, 0.29) is 11.9 Å². The summed E-state index contributed by atoms with van der Waals surface area (Å²) in [6.45, 7) is 3.60. The van der Waals surface area contributed by atoms with Crippen LogP contribution in [0.3, 0.4) is 0 Å². The molecule has 1 aromatic heterocycles. The van der Waals surface area contributed by atoms with Gasteiger partial charge in [0.1, 0.15) is 5.00 Å². The summed E-state index contributed by atoms with van der Waals surface area (Å²) >= 11 is 6.97. The van der Waals surface area contributed by atoms with Crippen LogP contribution >= 0.6 is 23.6 Å². The Kier molecular flexibility index (Phi) is 6.08. The van der Waals surface area contributed by atoms with Crippen molar-refractivity contribution in [2.75, 3.05) is 22.6 Å². The van der Waals surface area contributed by atoms with Gasteiger partial charge in [0.15, 0.2) is 5.11 Å². The lowest BCUT2D eigenvalue weighted by molar-refractivity contribution is -0.114. The van der Waals surface area contributed by atoms with E-state index in [2.05, 4.69) is 16.0 Å². The zero-order chi connectivity index (χ0) is 19.4. The minimum absolute atomic E-state index is 0.120. The standard InChI is InChI=1S/C19H21N3O3S2/c1-3-25-18(24)16-14-5-4-6-15(14)27-17(16)22-19(26)21-13-9-7-12(8-10-13)20-11(2)23/h7-10H,3-6H2,1-2H3,(H,20,23)(H2,21,22,26). The predicted molar refractivity (Wildman–Crippen MR) is 113 cm³/mol. The van der Waals surface area contributed by atoms with Crippen molar-refractivity contribution in [3.63, 3.8) is 0 Å². The number of amides is 1. The molecule has 0 radical (unpaired) electrons. The molecule has 0 unspecified atom stereocenters. The summed E-state index contributed by atoms with van der Waals surface area (Å²) in [5.74, 6) is -0.424. The molecule has 3 N–H and O–H groups in total. The van der Waals surface area contributed by atoms with E-state index < -0.39 is 0 Å². The van der Waals surface area contributed by atoms with Crippen LogP contribution < -0.4 is 16.0 Å². The van der Waals surface area contributed by atoms with Gasteiger partial charge in [-0.2, -0.15) is 0 Å². The second-order valence-corrected chi connectivity index (χ2v) is 7.63. The molecule has 6 nitrogen and oxygen atoms in total. The lowest BCUT2D eigenvalue weighted by Crippen LogP contribution is -2.20. The molecule has 0 atom stereocenters. The highest BCUT2D eigenvalue weighted by molar-refractivity contribution is 7.80. The smallest absolute Gasteiger partial charge is 0.341 e. The van der Waals surface area contributed by atoms with Crippen molar-refractivity contribution in [3.8, 4) is 0 Å². The van der Waals surface area contributed by atoms with E-state index in [0.717, 1.165) is 35.5 Å². The van der Waals surface area contributed by atoms with Crippen molar-refractivity contribution < 1.29 is 14.3 Å². The number of fused-ring (bicyclic) bond motifs is 1. The number of thiocarbonyl (C=S) groups is 1. The molecular weight excluding hydrogens is 382 g/mol. The van der Waals surface area contributed by atoms with Gasteiger partial charge in [-0.15, -0.1) is 11.3 Å². The largest absolute Gasteiger partial charge is 0.462 e. The number of carbonyl (C=O) groups is 2. The highest BCUT2D eigenvalue weighted by Gasteiger charge is 2.27. The number of rotatable bonds is 5. The lowest BCUT2D eigenvalue weighted by atomic mass is 10.1. The molecule has 1 amide bonds. The van der Waals surface area contributed by atoms with Gasteiger partial charge >= 0.3 is 5.97 Å². The summed E-state index contributed by atoms with van der Waals surface area (Å²) in [6.07, 6.45) is 2.95. The molecule has 0 bridgehead atoms. The fourth-order valence-corrected chi connectivity index (χ4v) is 4.58. The molecule has 1 aromatic carbocycles. The molecule has 8 heteroatoms. The highest BCUT2D eigenvalue weighted by atomic mass is 32.1. The van der Waals surface area contributed by atoms with Gasteiger partial charge in [0, 0.05) is 23.2 Å². The van der Waals surface area contributed by atoms with Crippen molar-refractivity contribution in [2.24, 2.45) is 0 Å². The van der Waals surface area contributed by atoms with Crippen LogP contribution in [-0.2, 0) is 22.4 Å². The first kappa shape index (κ1) is 19.3. The first-order valence-corrected chi connectivity index (χ1v) is 9.97. The number of hydrogen-bond acceptors (Lipinski definition) is 5. The number of thiophene rings is 1. The Morgan fingerprint density at radius 3 is 2.41 bits per heavy atom. The lowest BCUT2D eigenvalue weighted by Gasteiger charge is -2.12. The maximum atomic E-state index is 12.4. The number of carbonyl (C=O) groups excluding carboxylic acids is 2. The van der Waals surface area contributed by atoms with E-state index in [1.807, 2.05) is 12.1 Å². The minimum atomic E-state index is -0.304. The molecule has 3 rings (SSSR count). The maximum absolute atomic E-state index is 12.4. The Morgan fingerprint density at radius 1 is 1.11 bits per heavy atom. The van der Waals surface area contributed by atoms with Crippen LogP contribution in [0.1, 0.15) is 41.1 Å². The second kappa shape index (κ2) is 8.49. The number of aryl methyl sites for hydroxylation is 1. The molecule has 0 spiro atoms. The van der Waals surface area contributed by atoms with Gasteiger partial charge < -0.3 is 20.7 Å². The van der Waals surface area contributed by atoms with E-state index >= 15 is 0 Å². The van der Waals surface area contributed by atoms with Gasteiger partial charge in [-0.1, -0.05) is 0 Å². The van der Waals surface area contributed by atoms with E-state index in [4.69, 9.17) is 17.0 Å². The molecule has 27 heavy (non-hydrogen) atoms. The van der Waals surface area contributed by atoms with E-state index in [1.54, 1.807) is 30.4 Å². The fraction of sp³-hybridized carbons (Fsp3) is 0.316. The van der Waals surface area contributed by atoms with Crippen LogP contribution in [0.2, 0.25) is 0 Å². The third-order valence-corrected chi connectivity index (χ3v) is 5.50. The molecule has 0 saturated heterocycles. The van der Waals surface area contributed by atoms with Crippen LogP contribution in [-0.4, -0.2) is 23.6 Å². The van der Waals surface area contributed by atoms with Gasteiger partial charge in [-0.3, -0.25) is 4.79 Å². The zero-order valence-electron chi connectivity index (χ0n) is 15.2. The molecule has 142 valence electrons. The Labute approximate surface area is 167 Å². The Bertz CT molecular complexity index is 875. The van der Waals surface area contributed by atoms with Crippen LogP contribution in [0, 0.1) is 0 Å². The Balaban J connectivity index is 1.71. The van der Waals surface area contributed by atoms with E-state index in [0.29, 0.717) is 23.0 Å². The van der Waals surface area contributed by atoms with Gasteiger partial charge in [0.2, 0.25) is 5.91 Å². The first-order chi connectivity index (χ1) is 13.0. The summed E-state index contributed by atoms with van der Waals surface area (Å²) in [4.78, 5) is 24.7. The van der Waals surface area contributed by atoms with Crippen molar-refractivity contribution in [2.45, 2.75) is 33.1 Å². The van der Waals surface area contributed by atoms with Gasteiger partial charge in [0.05, 0.1) is 12.2 Å². The quantitative estimate of drug-likeness (QED) is 0.513. The Morgan fingerprint density at radius 2 is 1.78 bits per heavy atom. The van der Waals surface area contributed by atoms with Crippen molar-refractivity contribution >= 4 is 56.9 Å². The van der Waals surface area contributed by atoms with E-state index in [1.165, 1.54) is 11.8 Å². The molecular formula is C19H21N3O3S2. The third kappa shape index (κ3) is 4.64. The van der Waals surface area contributed by atoms with E-state index in [9.17, 15) is 9.59 Å². The van der Waals surface area contributed by atoms with Gasteiger partial charge in [-0.25, -0.2) is 4.79 Å². The van der Waals surface area contributed by atoms with Gasteiger partial charge in [0.25, 0.3) is 0 Å². The SMILES string of the molecule is CCOC(=O)c1c(NC(=S)Nc2ccc(NC(C)=O)cc2)sc2c1CCC2. The van der Waals surface area contributed by atoms with Crippen LogP contribution in [0.15, 0.2) is 24.3 Å². The van der Waals surface area contributed by atoms with Gasteiger partial charge in [-0.05, 0) is 68.2 Å². The summed E-state index contributed by atoms with van der Waals surface area (Å²) in [5, 5.41) is 10.1. The van der Waals surface area contributed by atoms with Crippen molar-refractivity contribution in [1.82, 2.24) is 0 Å². The predicted octanol–water partition coefficient (Wildman–Crippen LogP) is 4.18. The monoisotopic (exact) mass is 403 g/mol. The average molecular weight is 404 g/mol. The molecule has 1 aliphatic carbocycles. The fourth-order valence-electron chi connectivity index (χ4n) is 3.02. The summed E-state index contributed by atoms with van der Waals surface area (Å²) in [6, 6.07) is 7.21. The topological polar surface area (TPSA) is 79.5 Å². The third-order valence-electron chi connectivity index (χ3n) is 4.09. The van der Waals surface area contributed by atoms with Crippen molar-refractivity contribution in [3.05, 3.63) is 40.3 Å². The van der Waals surface area contributed by atoms with Crippen LogP contribution in [0.4, 0.5) is 16.4 Å². The van der Waals surface area contributed by atoms with Crippen molar-refractivity contribution in [1.29, 1.82) is 0 Å². The number of anilines is 3. The summed E-state index contributed by atoms with van der Waals surface area (Å²) in [7, 11) is 0. The minimum Gasteiger partial charge on any atom is -0.462 e.